The summed E-state index contributed by atoms with van der Waals surface area (Å²) in [5.74, 6) is -1.21. The number of benzene rings is 1. The van der Waals surface area contributed by atoms with Crippen LogP contribution in [0.15, 0.2) is 32.9 Å². The summed E-state index contributed by atoms with van der Waals surface area (Å²) < 4.78 is 54.3. The number of hydrogen-bond acceptors (Lipinski definition) is 4. The van der Waals surface area contributed by atoms with Crippen molar-refractivity contribution in [3.05, 3.63) is 61.1 Å². The lowest BCUT2D eigenvalue weighted by molar-refractivity contribution is -0.144. The minimum absolute atomic E-state index is 0.0297. The van der Waals surface area contributed by atoms with E-state index in [1.807, 2.05) is 6.92 Å². The maximum absolute atomic E-state index is 14.6. The SMILES string of the molecule is CCC1C(c2cc(-n3c(=O)cc(C(F)(F)F)n(C)c3=O)c(F)cc2Cl)=NOC1C. The van der Waals surface area contributed by atoms with Gasteiger partial charge in [-0.25, -0.2) is 13.8 Å². The summed E-state index contributed by atoms with van der Waals surface area (Å²) in [4.78, 5) is 30.0. The smallest absolute Gasteiger partial charge is 0.392 e. The highest BCUT2D eigenvalue weighted by atomic mass is 35.5. The van der Waals surface area contributed by atoms with E-state index in [0.29, 0.717) is 16.7 Å². The van der Waals surface area contributed by atoms with E-state index in [9.17, 15) is 27.2 Å². The number of hydrogen-bond donors (Lipinski definition) is 0. The molecule has 0 bridgehead atoms. The number of nitrogens with zero attached hydrogens (tertiary/aromatic N) is 3. The zero-order valence-electron chi connectivity index (χ0n) is 15.6. The van der Waals surface area contributed by atoms with Gasteiger partial charge in [-0.3, -0.25) is 9.36 Å². The first-order chi connectivity index (χ1) is 13.5. The molecule has 0 fully saturated rings. The molecule has 0 amide bonds. The third-order valence-electron chi connectivity index (χ3n) is 4.84. The van der Waals surface area contributed by atoms with Crippen molar-refractivity contribution < 1.29 is 22.4 Å². The lowest BCUT2D eigenvalue weighted by atomic mass is 9.90. The minimum atomic E-state index is -4.92. The van der Waals surface area contributed by atoms with E-state index in [2.05, 4.69) is 5.16 Å². The summed E-state index contributed by atoms with van der Waals surface area (Å²) in [6.07, 6.45) is -4.55. The lowest BCUT2D eigenvalue weighted by Crippen LogP contribution is -2.41. The van der Waals surface area contributed by atoms with Crippen molar-refractivity contribution in [1.29, 1.82) is 0 Å². The Hall–Kier alpha value is -2.62. The third kappa shape index (κ3) is 3.57. The van der Waals surface area contributed by atoms with Crippen LogP contribution in [-0.2, 0) is 18.1 Å². The Kier molecular flexibility index (Phi) is 5.33. The quantitative estimate of drug-likeness (QED) is 0.696. The van der Waals surface area contributed by atoms with Gasteiger partial charge in [0.2, 0.25) is 0 Å². The largest absolute Gasteiger partial charge is 0.431 e. The Bertz CT molecular complexity index is 1120. The monoisotopic (exact) mass is 433 g/mol. The molecule has 2 aromatic rings. The van der Waals surface area contributed by atoms with Crippen LogP contribution in [0.1, 0.15) is 31.5 Å². The molecule has 2 unspecified atom stereocenters. The van der Waals surface area contributed by atoms with Crippen LogP contribution in [0.5, 0.6) is 0 Å². The second-order valence-electron chi connectivity index (χ2n) is 6.63. The van der Waals surface area contributed by atoms with Crippen molar-refractivity contribution in [3.63, 3.8) is 0 Å². The van der Waals surface area contributed by atoms with Crippen LogP contribution in [-0.4, -0.2) is 20.9 Å². The second kappa shape index (κ2) is 7.33. The van der Waals surface area contributed by atoms with Gasteiger partial charge in [0.25, 0.3) is 5.56 Å². The molecule has 29 heavy (non-hydrogen) atoms. The van der Waals surface area contributed by atoms with Crippen LogP contribution in [0.4, 0.5) is 17.6 Å². The molecule has 11 heteroatoms. The van der Waals surface area contributed by atoms with Gasteiger partial charge < -0.3 is 4.84 Å². The number of halogens is 5. The van der Waals surface area contributed by atoms with Gasteiger partial charge in [0.15, 0.2) is 0 Å². The molecule has 156 valence electrons. The van der Waals surface area contributed by atoms with Crippen molar-refractivity contribution >= 4 is 17.3 Å². The molecule has 0 saturated carbocycles. The van der Waals surface area contributed by atoms with Crippen molar-refractivity contribution in [2.45, 2.75) is 32.5 Å². The summed E-state index contributed by atoms with van der Waals surface area (Å²) >= 11 is 6.14. The molecule has 0 spiro atoms. The highest BCUT2D eigenvalue weighted by molar-refractivity contribution is 6.34. The molecule has 6 nitrogen and oxygen atoms in total. The van der Waals surface area contributed by atoms with Gasteiger partial charge in [0, 0.05) is 24.6 Å². The van der Waals surface area contributed by atoms with Crippen LogP contribution in [0.3, 0.4) is 0 Å². The van der Waals surface area contributed by atoms with E-state index in [4.69, 9.17) is 16.4 Å². The first-order valence-electron chi connectivity index (χ1n) is 8.61. The van der Waals surface area contributed by atoms with Crippen LogP contribution < -0.4 is 11.2 Å². The Morgan fingerprint density at radius 1 is 1.24 bits per heavy atom. The molecule has 0 N–H and O–H groups in total. The molecule has 2 heterocycles. The van der Waals surface area contributed by atoms with E-state index < -0.39 is 34.6 Å². The number of aromatic nitrogens is 2. The molecular formula is C18H16ClF4N3O3. The molecule has 2 atom stereocenters. The molecule has 3 rings (SSSR count). The molecule has 1 aliphatic heterocycles. The predicted octanol–water partition coefficient (Wildman–Crippen LogP) is 3.50. The highest BCUT2D eigenvalue weighted by Crippen LogP contribution is 2.32. The highest BCUT2D eigenvalue weighted by Gasteiger charge is 2.36. The normalized spacial score (nSPS) is 19.2. The van der Waals surface area contributed by atoms with Crippen molar-refractivity contribution in [2.24, 2.45) is 18.1 Å². The summed E-state index contributed by atoms with van der Waals surface area (Å²) in [6, 6.07) is 2.24. The fraction of sp³-hybridized carbons (Fsp3) is 0.389. The average Bonchev–Trinajstić information content (AvgIpc) is 2.99. The second-order valence-corrected chi connectivity index (χ2v) is 7.04. The summed E-state index contributed by atoms with van der Waals surface area (Å²) in [5.41, 5.74) is -4.00. The molecule has 0 saturated heterocycles. The van der Waals surface area contributed by atoms with Crippen LogP contribution in [0, 0.1) is 11.7 Å². The molecule has 1 aromatic carbocycles. The average molecular weight is 434 g/mol. The Labute approximate surface area is 167 Å². The fourth-order valence-electron chi connectivity index (χ4n) is 3.30. The Balaban J connectivity index is 2.25. The first-order valence-corrected chi connectivity index (χ1v) is 8.99. The van der Waals surface area contributed by atoms with Crippen molar-refractivity contribution in [3.8, 4) is 5.69 Å². The fourth-order valence-corrected chi connectivity index (χ4v) is 3.55. The topological polar surface area (TPSA) is 65.6 Å². The van der Waals surface area contributed by atoms with Gasteiger partial charge in [-0.2, -0.15) is 13.2 Å². The van der Waals surface area contributed by atoms with E-state index in [1.54, 1.807) is 6.92 Å². The zero-order valence-corrected chi connectivity index (χ0v) is 16.3. The van der Waals surface area contributed by atoms with Gasteiger partial charge in [-0.1, -0.05) is 23.7 Å². The standard InChI is InChI=1S/C18H16ClF4N3O3/c1-4-9-8(2)29-24-16(9)10-5-13(12(20)6-11(10)19)26-15(27)7-14(18(21,22)23)25(3)17(26)28/h5-9H,4H2,1-3H3. The van der Waals surface area contributed by atoms with Crippen LogP contribution in [0.2, 0.25) is 5.02 Å². The maximum atomic E-state index is 14.6. The van der Waals surface area contributed by atoms with Crippen LogP contribution in [0.25, 0.3) is 5.69 Å². The molecule has 0 radical (unpaired) electrons. The van der Waals surface area contributed by atoms with Crippen molar-refractivity contribution in [2.75, 3.05) is 0 Å². The van der Waals surface area contributed by atoms with Gasteiger partial charge in [-0.05, 0) is 25.5 Å². The van der Waals surface area contributed by atoms with Crippen molar-refractivity contribution in [1.82, 2.24) is 9.13 Å². The Morgan fingerprint density at radius 2 is 1.90 bits per heavy atom. The zero-order chi connectivity index (χ0) is 21.7. The van der Waals surface area contributed by atoms with Gasteiger partial charge in [-0.15, -0.1) is 0 Å². The van der Waals surface area contributed by atoms with Crippen LogP contribution >= 0.6 is 11.6 Å². The minimum Gasteiger partial charge on any atom is -0.392 e. The first kappa shape index (κ1) is 21.1. The van der Waals surface area contributed by atoms with Gasteiger partial charge in [0.05, 0.1) is 16.4 Å². The number of oxime groups is 1. The van der Waals surface area contributed by atoms with Gasteiger partial charge >= 0.3 is 11.9 Å². The van der Waals surface area contributed by atoms with E-state index in [0.717, 1.165) is 19.2 Å². The lowest BCUT2D eigenvalue weighted by Gasteiger charge is -2.17. The number of alkyl halides is 3. The summed E-state index contributed by atoms with van der Waals surface area (Å²) in [7, 11) is 0.847. The maximum Gasteiger partial charge on any atom is 0.431 e. The third-order valence-corrected chi connectivity index (χ3v) is 5.15. The Morgan fingerprint density at radius 3 is 2.48 bits per heavy atom. The van der Waals surface area contributed by atoms with Gasteiger partial charge in [0.1, 0.15) is 17.6 Å². The van der Waals surface area contributed by atoms with E-state index in [-0.39, 0.29) is 33.2 Å². The number of rotatable bonds is 3. The molecular weight excluding hydrogens is 418 g/mol. The summed E-state index contributed by atoms with van der Waals surface area (Å²) in [6.45, 7) is 3.68. The van der Waals surface area contributed by atoms with E-state index >= 15 is 0 Å². The molecule has 0 aliphatic carbocycles. The molecule has 1 aromatic heterocycles. The molecule has 1 aliphatic rings. The predicted molar refractivity (Wildman–Crippen MR) is 98.1 cm³/mol. The van der Waals surface area contributed by atoms with E-state index in [1.165, 1.54) is 0 Å². The summed E-state index contributed by atoms with van der Waals surface area (Å²) in [5, 5.41) is 3.93.